The molecule has 6 heteroatoms. The second-order valence-electron chi connectivity index (χ2n) is 4.76. The van der Waals surface area contributed by atoms with Crippen molar-refractivity contribution in [3.63, 3.8) is 0 Å². The number of carboxylic acids is 1. The van der Waals surface area contributed by atoms with Crippen LogP contribution in [0.4, 0.5) is 0 Å². The Morgan fingerprint density at radius 3 is 2.80 bits per heavy atom. The molecule has 1 N–H and O–H groups in total. The van der Waals surface area contributed by atoms with Crippen LogP contribution < -0.4 is 0 Å². The molecule has 3 rings (SSSR count). The Balaban J connectivity index is 2.02. The number of benzene rings is 1. The summed E-state index contributed by atoms with van der Waals surface area (Å²) in [7, 11) is -0.978. The maximum atomic E-state index is 11.6. The number of hydrogen-bond acceptors (Lipinski definition) is 3. The summed E-state index contributed by atoms with van der Waals surface area (Å²) in [6.45, 7) is 0.545. The van der Waals surface area contributed by atoms with Crippen LogP contribution in [0.5, 0.6) is 0 Å². The number of fused-ring (bicyclic) bond motifs is 1. The zero-order chi connectivity index (χ0) is 14.1. The molecule has 0 bridgehead atoms. The molecule has 0 spiro atoms. The lowest BCUT2D eigenvalue weighted by Crippen LogP contribution is -2.17. The van der Waals surface area contributed by atoms with Gasteiger partial charge in [-0.15, -0.1) is 0 Å². The van der Waals surface area contributed by atoms with Crippen LogP contribution in [-0.4, -0.2) is 30.8 Å². The Labute approximate surface area is 118 Å². The predicted octanol–water partition coefficient (Wildman–Crippen LogP) is 1.43. The SMILES string of the molecule is O=C(O)c1nn(Cc2ccccc2)c2c1CS(=O)CC2. The van der Waals surface area contributed by atoms with E-state index in [2.05, 4.69) is 5.10 Å². The first-order valence-corrected chi connectivity index (χ1v) is 7.84. The topological polar surface area (TPSA) is 72.2 Å². The molecule has 1 aromatic carbocycles. The van der Waals surface area contributed by atoms with Crippen LogP contribution in [0.2, 0.25) is 0 Å². The van der Waals surface area contributed by atoms with E-state index in [1.165, 1.54) is 0 Å². The molecule has 0 amide bonds. The molecule has 1 aromatic heterocycles. The minimum atomic E-state index is -1.05. The lowest BCUT2D eigenvalue weighted by Gasteiger charge is -2.14. The van der Waals surface area contributed by atoms with E-state index in [1.54, 1.807) is 4.68 Å². The second kappa shape index (κ2) is 5.20. The van der Waals surface area contributed by atoms with E-state index in [9.17, 15) is 14.1 Å². The fourth-order valence-electron chi connectivity index (χ4n) is 2.47. The van der Waals surface area contributed by atoms with Crippen LogP contribution in [-0.2, 0) is 29.5 Å². The van der Waals surface area contributed by atoms with Crippen molar-refractivity contribution in [3.8, 4) is 0 Å². The molecule has 1 aliphatic rings. The molecular weight excluding hydrogens is 276 g/mol. The number of carboxylic acid groups (broad SMARTS) is 1. The van der Waals surface area contributed by atoms with Gasteiger partial charge in [-0.05, 0) is 5.56 Å². The first kappa shape index (κ1) is 13.1. The van der Waals surface area contributed by atoms with Crippen molar-refractivity contribution >= 4 is 16.8 Å². The monoisotopic (exact) mass is 290 g/mol. The molecule has 1 atom stereocenters. The van der Waals surface area contributed by atoms with Gasteiger partial charge in [-0.2, -0.15) is 5.10 Å². The first-order chi connectivity index (χ1) is 9.65. The summed E-state index contributed by atoms with van der Waals surface area (Å²) in [6.07, 6.45) is 0.620. The maximum absolute atomic E-state index is 11.6. The molecule has 20 heavy (non-hydrogen) atoms. The van der Waals surface area contributed by atoms with Gasteiger partial charge in [0.1, 0.15) is 0 Å². The summed E-state index contributed by atoms with van der Waals surface area (Å²) < 4.78 is 13.4. The molecule has 2 heterocycles. The summed E-state index contributed by atoms with van der Waals surface area (Å²) in [5, 5.41) is 13.4. The highest BCUT2D eigenvalue weighted by atomic mass is 32.2. The largest absolute Gasteiger partial charge is 0.476 e. The number of aromatic carboxylic acids is 1. The Hall–Kier alpha value is -1.95. The van der Waals surface area contributed by atoms with Crippen molar-refractivity contribution < 1.29 is 14.1 Å². The third-order valence-corrected chi connectivity index (χ3v) is 4.69. The minimum absolute atomic E-state index is 0.0454. The fraction of sp³-hybridized carbons (Fsp3) is 0.286. The summed E-state index contributed by atoms with van der Waals surface area (Å²) in [5.41, 5.74) is 2.66. The summed E-state index contributed by atoms with van der Waals surface area (Å²) in [5.74, 6) is -0.176. The molecule has 0 saturated carbocycles. The van der Waals surface area contributed by atoms with Gasteiger partial charge in [-0.3, -0.25) is 8.89 Å². The van der Waals surface area contributed by atoms with E-state index < -0.39 is 16.8 Å². The predicted molar refractivity (Wildman–Crippen MR) is 75.1 cm³/mol. The average Bonchev–Trinajstić information content (AvgIpc) is 2.78. The molecule has 0 fully saturated rings. The average molecular weight is 290 g/mol. The molecule has 1 unspecified atom stereocenters. The fourth-order valence-corrected chi connectivity index (χ4v) is 3.66. The van der Waals surface area contributed by atoms with Gasteiger partial charge < -0.3 is 5.11 Å². The van der Waals surface area contributed by atoms with Crippen molar-refractivity contribution in [2.24, 2.45) is 0 Å². The van der Waals surface area contributed by atoms with E-state index in [-0.39, 0.29) is 5.69 Å². The van der Waals surface area contributed by atoms with Crippen LogP contribution in [0.1, 0.15) is 27.3 Å². The van der Waals surface area contributed by atoms with Gasteiger partial charge in [0.2, 0.25) is 0 Å². The zero-order valence-corrected chi connectivity index (χ0v) is 11.6. The lowest BCUT2D eigenvalue weighted by atomic mass is 10.1. The Bertz CT molecular complexity index is 679. The van der Waals surface area contributed by atoms with E-state index in [0.717, 1.165) is 11.3 Å². The van der Waals surface area contributed by atoms with Gasteiger partial charge >= 0.3 is 5.97 Å². The van der Waals surface area contributed by atoms with Gasteiger partial charge in [0.05, 0.1) is 12.3 Å². The van der Waals surface area contributed by atoms with Gasteiger partial charge in [0.25, 0.3) is 0 Å². The van der Waals surface area contributed by atoms with Crippen LogP contribution >= 0.6 is 0 Å². The van der Waals surface area contributed by atoms with Crippen molar-refractivity contribution in [2.75, 3.05) is 5.75 Å². The maximum Gasteiger partial charge on any atom is 0.356 e. The standard InChI is InChI=1S/C14H14N2O3S/c17-14(18)13-11-9-20(19)7-6-12(11)16(15-13)8-10-4-2-1-3-5-10/h1-5H,6-9H2,(H,17,18). The molecule has 0 saturated heterocycles. The molecule has 0 aliphatic carbocycles. The van der Waals surface area contributed by atoms with Crippen LogP contribution in [0, 0.1) is 0 Å². The normalized spacial score (nSPS) is 17.7. The highest BCUT2D eigenvalue weighted by molar-refractivity contribution is 7.84. The molecule has 0 radical (unpaired) electrons. The van der Waals surface area contributed by atoms with Crippen molar-refractivity contribution in [2.45, 2.75) is 18.7 Å². The van der Waals surface area contributed by atoms with Crippen molar-refractivity contribution in [3.05, 3.63) is 52.8 Å². The summed E-state index contributed by atoms with van der Waals surface area (Å²) in [4.78, 5) is 11.3. The number of carbonyl (C=O) groups is 1. The Morgan fingerprint density at radius 2 is 2.10 bits per heavy atom. The highest BCUT2D eigenvalue weighted by Gasteiger charge is 2.27. The summed E-state index contributed by atoms with van der Waals surface area (Å²) in [6, 6.07) is 9.79. The third-order valence-electron chi connectivity index (χ3n) is 3.42. The number of hydrogen-bond donors (Lipinski definition) is 1. The number of nitrogens with zero attached hydrogens (tertiary/aromatic N) is 2. The number of rotatable bonds is 3. The zero-order valence-electron chi connectivity index (χ0n) is 10.8. The smallest absolute Gasteiger partial charge is 0.356 e. The number of aromatic nitrogens is 2. The molecule has 2 aromatic rings. The molecule has 5 nitrogen and oxygen atoms in total. The van der Waals surface area contributed by atoms with Crippen LogP contribution in [0.25, 0.3) is 0 Å². The van der Waals surface area contributed by atoms with E-state index >= 15 is 0 Å². The molecular formula is C14H14N2O3S. The third kappa shape index (κ3) is 2.38. The van der Waals surface area contributed by atoms with Crippen LogP contribution in [0.15, 0.2) is 30.3 Å². The Morgan fingerprint density at radius 1 is 1.35 bits per heavy atom. The summed E-state index contributed by atoms with van der Waals surface area (Å²) >= 11 is 0. The van der Waals surface area contributed by atoms with E-state index in [0.29, 0.717) is 30.0 Å². The van der Waals surface area contributed by atoms with Crippen LogP contribution in [0.3, 0.4) is 0 Å². The van der Waals surface area contributed by atoms with Crippen molar-refractivity contribution in [1.29, 1.82) is 0 Å². The second-order valence-corrected chi connectivity index (χ2v) is 6.34. The quantitative estimate of drug-likeness (QED) is 0.928. The van der Waals surface area contributed by atoms with Gasteiger partial charge in [-0.1, -0.05) is 30.3 Å². The minimum Gasteiger partial charge on any atom is -0.476 e. The first-order valence-electron chi connectivity index (χ1n) is 6.36. The van der Waals surface area contributed by atoms with Crippen molar-refractivity contribution in [1.82, 2.24) is 9.78 Å². The van der Waals surface area contributed by atoms with Gasteiger partial charge in [0, 0.05) is 34.2 Å². The van der Waals surface area contributed by atoms with E-state index in [4.69, 9.17) is 0 Å². The van der Waals surface area contributed by atoms with Gasteiger partial charge in [-0.25, -0.2) is 4.79 Å². The van der Waals surface area contributed by atoms with E-state index in [1.807, 2.05) is 30.3 Å². The lowest BCUT2D eigenvalue weighted by molar-refractivity contribution is 0.0688. The molecule has 104 valence electrons. The molecule has 1 aliphatic heterocycles. The Kier molecular flexibility index (Phi) is 3.40. The highest BCUT2D eigenvalue weighted by Crippen LogP contribution is 2.23. The van der Waals surface area contributed by atoms with Gasteiger partial charge in [0.15, 0.2) is 5.69 Å².